The zero-order valence-electron chi connectivity index (χ0n) is 12.5. The van der Waals surface area contributed by atoms with Crippen LogP contribution in [0.4, 0.5) is 4.39 Å². The Labute approximate surface area is 124 Å². The van der Waals surface area contributed by atoms with Gasteiger partial charge in [-0.3, -0.25) is 4.68 Å². The number of hydrogen-bond acceptors (Lipinski definition) is 3. The summed E-state index contributed by atoms with van der Waals surface area (Å²) in [7, 11) is 0. The van der Waals surface area contributed by atoms with E-state index in [0.717, 1.165) is 5.69 Å². The van der Waals surface area contributed by atoms with Crippen molar-refractivity contribution in [2.45, 2.75) is 31.7 Å². The molecule has 3 N–H and O–H groups in total. The van der Waals surface area contributed by atoms with Crippen molar-refractivity contribution in [3.63, 3.8) is 0 Å². The lowest BCUT2D eigenvalue weighted by Gasteiger charge is -2.30. The van der Waals surface area contributed by atoms with Crippen LogP contribution in [-0.2, 0) is 11.8 Å². The molecule has 114 valence electrons. The molecule has 2 aromatic rings. The summed E-state index contributed by atoms with van der Waals surface area (Å²) in [5.74, 6) is -0.327. The van der Waals surface area contributed by atoms with Crippen molar-refractivity contribution in [1.29, 1.82) is 0 Å². The number of benzene rings is 1. The molecule has 0 bridgehead atoms. The van der Waals surface area contributed by atoms with Crippen LogP contribution in [0.15, 0.2) is 36.5 Å². The largest absolute Gasteiger partial charge is 0.395 e. The molecule has 0 amide bonds. The molecule has 1 unspecified atom stereocenters. The minimum Gasteiger partial charge on any atom is -0.395 e. The summed E-state index contributed by atoms with van der Waals surface area (Å²) >= 11 is 0. The molecule has 0 saturated heterocycles. The van der Waals surface area contributed by atoms with E-state index in [1.165, 1.54) is 12.1 Å². The lowest BCUT2D eigenvalue weighted by Crippen LogP contribution is -2.41. The van der Waals surface area contributed by atoms with Crippen LogP contribution in [0.25, 0.3) is 0 Å². The van der Waals surface area contributed by atoms with Crippen molar-refractivity contribution < 1.29 is 9.50 Å². The van der Waals surface area contributed by atoms with Crippen molar-refractivity contribution in [2.75, 3.05) is 13.2 Å². The van der Waals surface area contributed by atoms with E-state index in [1.807, 2.05) is 30.8 Å². The monoisotopic (exact) mass is 291 g/mol. The third kappa shape index (κ3) is 3.31. The first-order valence-corrected chi connectivity index (χ1v) is 7.12. The zero-order chi connectivity index (χ0) is 15.5. The highest BCUT2D eigenvalue weighted by molar-refractivity contribution is 5.29. The minimum absolute atomic E-state index is 0.151. The van der Waals surface area contributed by atoms with E-state index in [9.17, 15) is 9.50 Å². The maximum atomic E-state index is 13.5. The molecule has 4 nitrogen and oxygen atoms in total. The summed E-state index contributed by atoms with van der Waals surface area (Å²) in [6.07, 6.45) is 2.38. The summed E-state index contributed by atoms with van der Waals surface area (Å²) < 4.78 is 15.3. The number of nitrogens with zero attached hydrogens (tertiary/aromatic N) is 2. The van der Waals surface area contributed by atoms with E-state index in [0.29, 0.717) is 12.0 Å². The van der Waals surface area contributed by atoms with Crippen LogP contribution < -0.4 is 5.73 Å². The summed E-state index contributed by atoms with van der Waals surface area (Å²) in [4.78, 5) is 0. The Morgan fingerprint density at radius 2 is 2.14 bits per heavy atom. The minimum atomic E-state index is -0.710. The zero-order valence-corrected chi connectivity index (χ0v) is 12.5. The van der Waals surface area contributed by atoms with Gasteiger partial charge in [0.2, 0.25) is 0 Å². The number of rotatable bonds is 6. The molecule has 0 aliphatic carbocycles. The Bertz CT molecular complexity index is 591. The van der Waals surface area contributed by atoms with Crippen LogP contribution >= 0.6 is 0 Å². The fourth-order valence-corrected chi connectivity index (χ4v) is 2.43. The second-order valence-corrected chi connectivity index (χ2v) is 5.71. The SMILES string of the molecule is CC(C)n1ccc(CC(CN)(CO)c2cccc(F)c2)n1. The quantitative estimate of drug-likeness (QED) is 0.856. The standard InChI is InChI=1S/C16H22FN3O/c1-12(2)20-7-6-15(19-20)9-16(10-18,11-21)13-4-3-5-14(17)8-13/h3-8,12,21H,9-11,18H2,1-2H3. The molecule has 1 aromatic carbocycles. The van der Waals surface area contributed by atoms with Crippen LogP contribution in [0.2, 0.25) is 0 Å². The third-order valence-corrected chi connectivity index (χ3v) is 3.84. The Kier molecular flexibility index (Phi) is 4.75. The molecule has 1 atom stereocenters. The Balaban J connectivity index is 2.33. The van der Waals surface area contributed by atoms with Gasteiger partial charge in [0, 0.05) is 30.6 Å². The van der Waals surface area contributed by atoms with E-state index < -0.39 is 5.41 Å². The van der Waals surface area contributed by atoms with Crippen LogP contribution in [0.3, 0.4) is 0 Å². The molecule has 0 saturated carbocycles. The van der Waals surface area contributed by atoms with Gasteiger partial charge in [-0.1, -0.05) is 12.1 Å². The predicted molar refractivity (Wildman–Crippen MR) is 80.5 cm³/mol. The smallest absolute Gasteiger partial charge is 0.123 e. The number of nitrogens with two attached hydrogens (primary N) is 1. The van der Waals surface area contributed by atoms with E-state index in [4.69, 9.17) is 5.73 Å². The highest BCUT2D eigenvalue weighted by Crippen LogP contribution is 2.27. The van der Waals surface area contributed by atoms with Crippen molar-refractivity contribution in [2.24, 2.45) is 5.73 Å². The van der Waals surface area contributed by atoms with Gasteiger partial charge in [-0.2, -0.15) is 5.10 Å². The van der Waals surface area contributed by atoms with Gasteiger partial charge >= 0.3 is 0 Å². The molecule has 0 aliphatic rings. The molecule has 21 heavy (non-hydrogen) atoms. The van der Waals surface area contributed by atoms with Crippen LogP contribution in [-0.4, -0.2) is 28.0 Å². The summed E-state index contributed by atoms with van der Waals surface area (Å²) in [5.41, 5.74) is 6.73. The molecule has 0 spiro atoms. The molecule has 0 radical (unpaired) electrons. The number of aromatic nitrogens is 2. The number of hydrogen-bond donors (Lipinski definition) is 2. The van der Waals surface area contributed by atoms with Crippen molar-refractivity contribution in [3.05, 3.63) is 53.6 Å². The first-order chi connectivity index (χ1) is 10.0. The van der Waals surface area contributed by atoms with Gasteiger partial charge in [-0.05, 0) is 37.6 Å². The lowest BCUT2D eigenvalue weighted by atomic mass is 9.77. The topological polar surface area (TPSA) is 64.1 Å². The molecule has 2 rings (SSSR count). The van der Waals surface area contributed by atoms with Crippen molar-refractivity contribution in [1.82, 2.24) is 9.78 Å². The van der Waals surface area contributed by atoms with Gasteiger partial charge in [-0.15, -0.1) is 0 Å². The fourth-order valence-electron chi connectivity index (χ4n) is 2.43. The fraction of sp³-hybridized carbons (Fsp3) is 0.438. The van der Waals surface area contributed by atoms with Crippen molar-refractivity contribution in [3.8, 4) is 0 Å². The number of halogens is 1. The maximum absolute atomic E-state index is 13.5. The number of aliphatic hydroxyl groups excluding tert-OH is 1. The Morgan fingerprint density at radius 3 is 2.67 bits per heavy atom. The molecule has 0 aliphatic heterocycles. The average molecular weight is 291 g/mol. The van der Waals surface area contributed by atoms with Gasteiger partial charge in [0.25, 0.3) is 0 Å². The molecule has 1 aromatic heterocycles. The Hall–Kier alpha value is -1.72. The summed E-state index contributed by atoms with van der Waals surface area (Å²) in [6, 6.07) is 8.44. The first kappa shape index (κ1) is 15.7. The van der Waals surface area contributed by atoms with Crippen molar-refractivity contribution >= 4 is 0 Å². The third-order valence-electron chi connectivity index (χ3n) is 3.84. The first-order valence-electron chi connectivity index (χ1n) is 7.12. The molecular weight excluding hydrogens is 269 g/mol. The number of aliphatic hydroxyl groups is 1. The van der Waals surface area contributed by atoms with Gasteiger partial charge in [0.1, 0.15) is 5.82 Å². The predicted octanol–water partition coefficient (Wildman–Crippen LogP) is 2.03. The Morgan fingerprint density at radius 1 is 1.38 bits per heavy atom. The van der Waals surface area contributed by atoms with Gasteiger partial charge in [0.05, 0.1) is 12.3 Å². The average Bonchev–Trinajstić information content (AvgIpc) is 2.93. The highest BCUT2D eigenvalue weighted by atomic mass is 19.1. The molecule has 1 heterocycles. The molecular formula is C16H22FN3O. The molecule has 5 heteroatoms. The van der Waals surface area contributed by atoms with Crippen LogP contribution in [0, 0.1) is 5.82 Å². The van der Waals surface area contributed by atoms with E-state index in [1.54, 1.807) is 12.1 Å². The van der Waals surface area contributed by atoms with Gasteiger partial charge in [0.15, 0.2) is 0 Å². The molecule has 0 fully saturated rings. The maximum Gasteiger partial charge on any atom is 0.123 e. The van der Waals surface area contributed by atoms with Crippen LogP contribution in [0.5, 0.6) is 0 Å². The van der Waals surface area contributed by atoms with Gasteiger partial charge < -0.3 is 10.8 Å². The summed E-state index contributed by atoms with van der Waals surface area (Å²) in [6.45, 7) is 4.17. The lowest BCUT2D eigenvalue weighted by molar-refractivity contribution is 0.194. The van der Waals surface area contributed by atoms with Gasteiger partial charge in [-0.25, -0.2) is 4.39 Å². The van der Waals surface area contributed by atoms with E-state index in [2.05, 4.69) is 5.10 Å². The summed E-state index contributed by atoms with van der Waals surface area (Å²) in [5, 5.41) is 14.4. The highest BCUT2D eigenvalue weighted by Gasteiger charge is 2.32. The van der Waals surface area contributed by atoms with E-state index >= 15 is 0 Å². The second-order valence-electron chi connectivity index (χ2n) is 5.71. The normalized spacial score (nSPS) is 14.4. The second kappa shape index (κ2) is 6.37. The van der Waals surface area contributed by atoms with Crippen LogP contribution in [0.1, 0.15) is 31.1 Å². The van der Waals surface area contributed by atoms with E-state index in [-0.39, 0.29) is 25.0 Å².